The number of hydrogen-bond donors (Lipinski definition) is 1. The molecule has 6 nitrogen and oxygen atoms in total. The molecule has 0 bridgehead atoms. The highest BCUT2D eigenvalue weighted by atomic mass is 35.5. The van der Waals surface area contributed by atoms with Gasteiger partial charge in [-0.05, 0) is 35.4 Å². The van der Waals surface area contributed by atoms with Crippen LogP contribution in [0.25, 0.3) is 0 Å². The zero-order chi connectivity index (χ0) is 16.8. The van der Waals surface area contributed by atoms with Crippen LogP contribution in [0.5, 0.6) is 0 Å². The van der Waals surface area contributed by atoms with Crippen LogP contribution in [-0.2, 0) is 0 Å². The molecule has 0 radical (unpaired) electrons. The van der Waals surface area contributed by atoms with Crippen molar-refractivity contribution in [2.24, 2.45) is 10.2 Å². The predicted octanol–water partition coefficient (Wildman–Crippen LogP) is 3.91. The monoisotopic (exact) mass is 358 g/mol. The van der Waals surface area contributed by atoms with Crippen LogP contribution in [0.3, 0.4) is 0 Å². The van der Waals surface area contributed by atoms with Crippen molar-refractivity contribution in [2.75, 3.05) is 5.43 Å². The molecule has 2 aromatic carbocycles. The smallest absolute Gasteiger partial charge is 0.244 e. The van der Waals surface area contributed by atoms with Gasteiger partial charge in [-0.1, -0.05) is 47.5 Å². The minimum Gasteiger partial charge on any atom is -0.244 e. The molecule has 0 spiro atoms. The highest BCUT2D eigenvalue weighted by Crippen LogP contribution is 2.09. The summed E-state index contributed by atoms with van der Waals surface area (Å²) in [6.45, 7) is 0. The van der Waals surface area contributed by atoms with E-state index in [9.17, 15) is 0 Å². The van der Waals surface area contributed by atoms with Gasteiger partial charge in [0.2, 0.25) is 0 Å². The summed E-state index contributed by atoms with van der Waals surface area (Å²) in [5.41, 5.74) is 4.60. The Hall–Kier alpha value is -2.70. The van der Waals surface area contributed by atoms with Gasteiger partial charge in [-0.25, -0.2) is 5.43 Å². The Balaban J connectivity index is 1.66. The lowest BCUT2D eigenvalue weighted by Crippen LogP contribution is -1.99. The number of rotatable bonds is 5. The molecule has 0 atom stereocenters. The number of hydrogen-bond acceptors (Lipinski definition) is 5. The van der Waals surface area contributed by atoms with Crippen molar-refractivity contribution in [1.29, 1.82) is 0 Å². The summed E-state index contributed by atoms with van der Waals surface area (Å²) < 4.78 is 1.48. The van der Waals surface area contributed by atoms with Gasteiger partial charge in [0.05, 0.1) is 12.4 Å². The molecule has 1 N–H and O–H groups in total. The molecule has 24 heavy (non-hydrogen) atoms. The van der Waals surface area contributed by atoms with Crippen molar-refractivity contribution in [3.63, 3.8) is 0 Å². The summed E-state index contributed by atoms with van der Waals surface area (Å²) in [6, 6.07) is 14.6. The molecule has 0 amide bonds. The number of nitrogens with zero attached hydrogens (tertiary/aromatic N) is 5. The van der Waals surface area contributed by atoms with Crippen LogP contribution >= 0.6 is 23.2 Å². The maximum absolute atomic E-state index is 5.85. The Morgan fingerprint density at radius 3 is 2.08 bits per heavy atom. The van der Waals surface area contributed by atoms with Gasteiger partial charge in [-0.2, -0.15) is 14.9 Å². The summed E-state index contributed by atoms with van der Waals surface area (Å²) in [4.78, 5) is 0. The Labute approximate surface area is 148 Å². The van der Waals surface area contributed by atoms with Crippen molar-refractivity contribution >= 4 is 41.6 Å². The topological polar surface area (TPSA) is 67.5 Å². The van der Waals surface area contributed by atoms with Crippen LogP contribution < -0.4 is 5.43 Å². The fraction of sp³-hybridized carbons (Fsp3) is 0. The first-order valence-electron chi connectivity index (χ1n) is 6.95. The van der Waals surface area contributed by atoms with Crippen LogP contribution in [0.2, 0.25) is 10.0 Å². The average molecular weight is 359 g/mol. The third-order valence-corrected chi connectivity index (χ3v) is 3.48. The maximum Gasteiger partial charge on any atom is 0.265 e. The fourth-order valence-electron chi connectivity index (χ4n) is 1.78. The molecule has 1 heterocycles. The van der Waals surface area contributed by atoms with Crippen molar-refractivity contribution in [3.8, 4) is 0 Å². The normalized spacial score (nSPS) is 11.4. The number of nitrogens with one attached hydrogen (secondary N) is 1. The zero-order valence-electron chi connectivity index (χ0n) is 12.3. The van der Waals surface area contributed by atoms with E-state index in [4.69, 9.17) is 23.2 Å². The molecule has 0 saturated carbocycles. The van der Waals surface area contributed by atoms with E-state index in [1.54, 1.807) is 36.7 Å². The minimum absolute atomic E-state index is 0.394. The van der Waals surface area contributed by atoms with Crippen molar-refractivity contribution < 1.29 is 0 Å². The maximum atomic E-state index is 5.85. The number of anilines is 1. The van der Waals surface area contributed by atoms with E-state index in [2.05, 4.69) is 25.8 Å². The molecular weight excluding hydrogens is 347 g/mol. The van der Waals surface area contributed by atoms with Gasteiger partial charge in [0.25, 0.3) is 5.95 Å². The van der Waals surface area contributed by atoms with Crippen LogP contribution in [0.1, 0.15) is 11.1 Å². The summed E-state index contributed by atoms with van der Waals surface area (Å²) in [5, 5.41) is 17.5. The molecule has 1 aromatic heterocycles. The quantitative estimate of drug-likeness (QED) is 0.555. The Kier molecular flexibility index (Phi) is 5.20. The van der Waals surface area contributed by atoms with Gasteiger partial charge in [0, 0.05) is 10.0 Å². The van der Waals surface area contributed by atoms with E-state index >= 15 is 0 Å². The first-order chi connectivity index (χ1) is 11.7. The zero-order valence-corrected chi connectivity index (χ0v) is 13.9. The second-order valence-corrected chi connectivity index (χ2v) is 5.59. The minimum atomic E-state index is 0.394. The number of hydrazone groups is 1. The van der Waals surface area contributed by atoms with Gasteiger partial charge in [0.1, 0.15) is 6.33 Å². The Bertz CT molecular complexity index is 853. The first-order valence-corrected chi connectivity index (χ1v) is 7.71. The van der Waals surface area contributed by atoms with Crippen LogP contribution in [-0.4, -0.2) is 27.3 Å². The molecule has 8 heteroatoms. The molecule has 3 rings (SSSR count). The average Bonchev–Trinajstić information content (AvgIpc) is 3.04. The van der Waals surface area contributed by atoms with E-state index in [1.807, 2.05) is 24.3 Å². The highest BCUT2D eigenvalue weighted by molar-refractivity contribution is 6.30. The largest absolute Gasteiger partial charge is 0.265 e. The molecule has 0 aliphatic heterocycles. The lowest BCUT2D eigenvalue weighted by molar-refractivity contribution is 0.879. The molecule has 0 saturated heterocycles. The molecule has 0 aliphatic rings. The summed E-state index contributed by atoms with van der Waals surface area (Å²) >= 11 is 11.7. The molecule has 0 fully saturated rings. The fourth-order valence-corrected chi connectivity index (χ4v) is 2.03. The standard InChI is InChI=1S/C16H12Cl2N6/c17-14-5-1-12(2-6-14)9-19-22-16-23-20-11-24(16)21-10-13-3-7-15(18)8-4-13/h1-11H,(H,22,23)/b19-9+,21-10+. The summed E-state index contributed by atoms with van der Waals surface area (Å²) in [7, 11) is 0. The summed E-state index contributed by atoms with van der Waals surface area (Å²) in [5.74, 6) is 0.394. The van der Waals surface area contributed by atoms with Gasteiger partial charge in [0.15, 0.2) is 0 Å². The van der Waals surface area contributed by atoms with Gasteiger partial charge >= 0.3 is 0 Å². The highest BCUT2D eigenvalue weighted by Gasteiger charge is 2.00. The van der Waals surface area contributed by atoms with Crippen molar-refractivity contribution in [3.05, 3.63) is 76.0 Å². The van der Waals surface area contributed by atoms with Crippen LogP contribution in [0.4, 0.5) is 5.95 Å². The molecule has 0 unspecified atom stereocenters. The van der Waals surface area contributed by atoms with Gasteiger partial charge in [-0.15, -0.1) is 10.2 Å². The molecule has 3 aromatic rings. The predicted molar refractivity (Wildman–Crippen MR) is 97.1 cm³/mol. The second-order valence-electron chi connectivity index (χ2n) is 4.72. The first kappa shape index (κ1) is 16.2. The third kappa shape index (κ3) is 4.41. The van der Waals surface area contributed by atoms with Crippen molar-refractivity contribution in [2.45, 2.75) is 0 Å². The van der Waals surface area contributed by atoms with E-state index in [0.29, 0.717) is 16.0 Å². The van der Waals surface area contributed by atoms with E-state index in [-0.39, 0.29) is 0 Å². The number of aromatic nitrogens is 3. The van der Waals surface area contributed by atoms with Gasteiger partial charge < -0.3 is 0 Å². The van der Waals surface area contributed by atoms with E-state index in [1.165, 1.54) is 11.0 Å². The van der Waals surface area contributed by atoms with Crippen molar-refractivity contribution in [1.82, 2.24) is 14.9 Å². The van der Waals surface area contributed by atoms with E-state index < -0.39 is 0 Å². The summed E-state index contributed by atoms with van der Waals surface area (Å²) in [6.07, 6.45) is 4.80. The lowest BCUT2D eigenvalue weighted by atomic mass is 10.2. The Morgan fingerprint density at radius 1 is 0.875 bits per heavy atom. The second kappa shape index (κ2) is 7.72. The van der Waals surface area contributed by atoms with Gasteiger partial charge in [-0.3, -0.25) is 0 Å². The molecule has 120 valence electrons. The van der Waals surface area contributed by atoms with Crippen LogP contribution in [0, 0.1) is 0 Å². The number of halogens is 2. The molecule has 0 aliphatic carbocycles. The van der Waals surface area contributed by atoms with E-state index in [0.717, 1.165) is 11.1 Å². The Morgan fingerprint density at radius 2 is 1.46 bits per heavy atom. The number of benzene rings is 2. The SMILES string of the molecule is Clc1ccc(/C=N/Nc2nncn2/N=C/c2ccc(Cl)cc2)cc1. The third-order valence-electron chi connectivity index (χ3n) is 2.98. The van der Waals surface area contributed by atoms with Crippen LogP contribution in [0.15, 0.2) is 65.1 Å². The lowest BCUT2D eigenvalue weighted by Gasteiger charge is -1.99. The molecular formula is C16H12Cl2N6.